The van der Waals surface area contributed by atoms with E-state index in [0.29, 0.717) is 5.69 Å². The lowest BCUT2D eigenvalue weighted by Gasteiger charge is -2.29. The third-order valence-corrected chi connectivity index (χ3v) is 3.89. The molecule has 0 saturated heterocycles. The van der Waals surface area contributed by atoms with Gasteiger partial charge in [0.05, 0.1) is 17.1 Å². The number of rotatable bonds is 1. The van der Waals surface area contributed by atoms with Crippen molar-refractivity contribution in [2.24, 2.45) is 0 Å². The second-order valence-electron chi connectivity index (χ2n) is 5.15. The summed E-state index contributed by atoms with van der Waals surface area (Å²) in [5, 5.41) is 13.9. The first-order valence-electron chi connectivity index (χ1n) is 6.86. The molecule has 0 unspecified atom stereocenters. The Balaban J connectivity index is 0.00000144. The topological polar surface area (TPSA) is 70.2 Å². The molecule has 0 aromatic heterocycles. The molecule has 2 aliphatic heterocycles. The van der Waals surface area contributed by atoms with Gasteiger partial charge < -0.3 is 10.6 Å². The molecule has 0 aliphatic carbocycles. The third-order valence-electron chi connectivity index (χ3n) is 3.89. The molecule has 114 valence electrons. The quantitative estimate of drug-likeness (QED) is 0.848. The summed E-state index contributed by atoms with van der Waals surface area (Å²) in [5.41, 5.74) is 6.95. The summed E-state index contributed by atoms with van der Waals surface area (Å²) in [4.78, 5) is 0. The van der Waals surface area contributed by atoms with Crippen LogP contribution in [-0.2, 0) is 6.42 Å². The van der Waals surface area contributed by atoms with Crippen molar-refractivity contribution < 1.29 is 15.0 Å². The molecule has 4 N–H and O–H groups in total. The molecule has 0 spiro atoms. The van der Waals surface area contributed by atoms with Crippen molar-refractivity contribution >= 4 is 11.4 Å². The maximum atomic E-state index is 13.0. The van der Waals surface area contributed by atoms with E-state index in [2.05, 4.69) is 11.6 Å². The Morgan fingerprint density at radius 1 is 0.955 bits per heavy atom. The number of aliphatic hydroxyl groups is 1. The van der Waals surface area contributed by atoms with Crippen LogP contribution in [0.4, 0.5) is 15.8 Å². The minimum atomic E-state index is -0.298. The van der Waals surface area contributed by atoms with Crippen LogP contribution < -0.4 is 15.6 Å². The van der Waals surface area contributed by atoms with E-state index in [1.807, 2.05) is 23.2 Å². The summed E-state index contributed by atoms with van der Waals surface area (Å²) in [6, 6.07) is 14.1. The number of fused-ring (bicyclic) bond motifs is 3. The highest BCUT2D eigenvalue weighted by Gasteiger charge is 2.34. The van der Waals surface area contributed by atoms with Gasteiger partial charge in [-0.2, -0.15) is 0 Å². The fourth-order valence-corrected chi connectivity index (χ4v) is 2.82. The number of halogens is 1. The van der Waals surface area contributed by atoms with Gasteiger partial charge in [-0.05, 0) is 48.7 Å². The lowest BCUT2D eigenvalue weighted by Crippen LogP contribution is -2.43. The van der Waals surface area contributed by atoms with Gasteiger partial charge in [-0.1, -0.05) is 18.2 Å². The molecule has 0 radical (unpaired) electrons. The number of benzene rings is 2. The van der Waals surface area contributed by atoms with Crippen LogP contribution in [0.3, 0.4) is 0 Å². The highest BCUT2D eigenvalue weighted by Crippen LogP contribution is 2.37. The largest absolute Gasteiger partial charge is 0.492 e. The molecular weight excluding hydrogens is 285 g/mol. The summed E-state index contributed by atoms with van der Waals surface area (Å²) in [5.74, 6) is -0.135. The van der Waals surface area contributed by atoms with Crippen molar-refractivity contribution in [3.63, 3.8) is 0 Å². The van der Waals surface area contributed by atoms with E-state index in [1.54, 1.807) is 17.1 Å². The predicted octanol–water partition coefficient (Wildman–Crippen LogP) is 2.42. The molecule has 0 fully saturated rings. The summed E-state index contributed by atoms with van der Waals surface area (Å²) in [6.07, 6.45) is 1.65. The van der Waals surface area contributed by atoms with E-state index in [9.17, 15) is 9.50 Å². The molecule has 4 rings (SSSR count). The lowest BCUT2D eigenvalue weighted by molar-refractivity contribution is 0.386. The van der Waals surface area contributed by atoms with E-state index in [4.69, 9.17) is 0 Å². The van der Waals surface area contributed by atoms with Crippen molar-refractivity contribution in [2.75, 3.05) is 10.0 Å². The minimum Gasteiger partial charge on any atom is -0.492 e. The first kappa shape index (κ1) is 14.4. The van der Waals surface area contributed by atoms with E-state index < -0.39 is 0 Å². The van der Waals surface area contributed by atoms with Gasteiger partial charge in [0.15, 0.2) is 0 Å². The van der Waals surface area contributed by atoms with Crippen molar-refractivity contribution in [1.29, 1.82) is 0 Å². The average molecular weight is 301 g/mol. The number of hydrazine groups is 2. The molecule has 0 bridgehead atoms. The van der Waals surface area contributed by atoms with Crippen LogP contribution in [0, 0.1) is 5.82 Å². The Morgan fingerprint density at radius 3 is 2.45 bits per heavy atom. The monoisotopic (exact) mass is 301 g/mol. The lowest BCUT2D eigenvalue weighted by atomic mass is 10.0. The number of nitrogens with zero attached hydrogens (tertiary/aromatic N) is 2. The first-order valence-corrected chi connectivity index (χ1v) is 6.86. The van der Waals surface area contributed by atoms with Gasteiger partial charge >= 0.3 is 0 Å². The van der Waals surface area contributed by atoms with Crippen LogP contribution in [0.5, 0.6) is 0 Å². The number of allylic oxidation sites excluding steroid dienone is 1. The van der Waals surface area contributed by atoms with Gasteiger partial charge in [0.25, 0.3) is 0 Å². The van der Waals surface area contributed by atoms with Crippen LogP contribution in [0.15, 0.2) is 60.1 Å². The number of hydrogen-bond donors (Lipinski definition) is 2. The number of hydrogen-bond acceptors (Lipinski definition) is 4. The van der Waals surface area contributed by atoms with E-state index >= 15 is 0 Å². The Kier molecular flexibility index (Phi) is 3.48. The molecule has 5 nitrogen and oxygen atoms in total. The summed E-state index contributed by atoms with van der Waals surface area (Å²) in [6.45, 7) is 0. The SMILES string of the molecule is O.OC1=C2CCc3ccccc3N2NN1c1ccc(F)cc1. The van der Waals surface area contributed by atoms with E-state index in [1.165, 1.54) is 17.7 Å². The van der Waals surface area contributed by atoms with Crippen molar-refractivity contribution in [3.8, 4) is 0 Å². The smallest absolute Gasteiger partial charge is 0.229 e. The Labute approximate surface area is 127 Å². The molecule has 2 aromatic rings. The van der Waals surface area contributed by atoms with E-state index in [-0.39, 0.29) is 17.2 Å². The number of aliphatic hydroxyl groups excluding tert-OH is 1. The van der Waals surface area contributed by atoms with Gasteiger partial charge in [-0.3, -0.25) is 5.01 Å². The van der Waals surface area contributed by atoms with Gasteiger partial charge in [0.1, 0.15) is 5.82 Å². The fourth-order valence-electron chi connectivity index (χ4n) is 2.82. The van der Waals surface area contributed by atoms with Crippen LogP contribution in [0.25, 0.3) is 0 Å². The molecular formula is C16H16FN3O2. The minimum absolute atomic E-state index is 0. The zero-order valence-electron chi connectivity index (χ0n) is 11.8. The van der Waals surface area contributed by atoms with Crippen molar-refractivity contribution in [3.05, 3.63) is 71.5 Å². The maximum Gasteiger partial charge on any atom is 0.229 e. The fraction of sp³-hybridized carbons (Fsp3) is 0.125. The maximum absolute atomic E-state index is 13.0. The standard InChI is InChI=1S/C16H14FN3O.H2O/c17-12-6-8-13(9-7-12)19-16(21)15-10-5-11-3-1-2-4-14(11)20(15)18-19;/h1-4,6-9,18,21H,5,10H2;1H2. The second kappa shape index (κ2) is 5.32. The van der Waals surface area contributed by atoms with Gasteiger partial charge in [-0.15, -0.1) is 5.53 Å². The number of nitrogens with one attached hydrogen (secondary N) is 1. The normalized spacial score (nSPS) is 16.2. The van der Waals surface area contributed by atoms with Gasteiger partial charge in [0.2, 0.25) is 5.88 Å². The number of anilines is 2. The highest BCUT2D eigenvalue weighted by molar-refractivity contribution is 5.65. The highest BCUT2D eigenvalue weighted by atomic mass is 19.1. The zero-order valence-corrected chi connectivity index (χ0v) is 11.8. The van der Waals surface area contributed by atoms with Crippen molar-refractivity contribution in [2.45, 2.75) is 12.8 Å². The number of para-hydroxylation sites is 1. The molecule has 0 saturated carbocycles. The average Bonchev–Trinajstić information content (AvgIpc) is 2.86. The van der Waals surface area contributed by atoms with Gasteiger partial charge in [-0.25, -0.2) is 9.40 Å². The van der Waals surface area contributed by atoms with Gasteiger partial charge in [0, 0.05) is 0 Å². The first-order chi connectivity index (χ1) is 10.2. The van der Waals surface area contributed by atoms with Crippen molar-refractivity contribution in [1.82, 2.24) is 5.53 Å². The molecule has 6 heteroatoms. The Morgan fingerprint density at radius 2 is 1.68 bits per heavy atom. The molecule has 0 amide bonds. The summed E-state index contributed by atoms with van der Waals surface area (Å²) < 4.78 is 13.0. The number of aryl methyl sites for hydroxylation is 1. The van der Waals surface area contributed by atoms with Crippen LogP contribution >= 0.6 is 0 Å². The predicted molar refractivity (Wildman–Crippen MR) is 82.5 cm³/mol. The summed E-state index contributed by atoms with van der Waals surface area (Å²) >= 11 is 0. The van der Waals surface area contributed by atoms with Crippen LogP contribution in [-0.4, -0.2) is 10.6 Å². The molecule has 2 heterocycles. The molecule has 2 aliphatic rings. The Hall–Kier alpha value is -2.57. The molecule has 2 aromatic carbocycles. The van der Waals surface area contributed by atoms with Crippen LogP contribution in [0.1, 0.15) is 12.0 Å². The van der Waals surface area contributed by atoms with E-state index in [0.717, 1.165) is 24.2 Å². The summed E-state index contributed by atoms with van der Waals surface area (Å²) in [7, 11) is 0. The Bertz CT molecular complexity index is 730. The third kappa shape index (κ3) is 2.09. The zero-order chi connectivity index (χ0) is 14.4. The molecule has 0 atom stereocenters. The molecule has 22 heavy (non-hydrogen) atoms. The second-order valence-corrected chi connectivity index (χ2v) is 5.15. The van der Waals surface area contributed by atoms with Crippen LogP contribution in [0.2, 0.25) is 0 Å².